The lowest BCUT2D eigenvalue weighted by Crippen LogP contribution is -2.34. The van der Waals surface area contributed by atoms with Crippen molar-refractivity contribution in [3.63, 3.8) is 0 Å². The first-order valence-corrected chi connectivity index (χ1v) is 8.81. The highest BCUT2D eigenvalue weighted by Gasteiger charge is 2.14. The first kappa shape index (κ1) is 18.4. The third-order valence-corrected chi connectivity index (χ3v) is 4.66. The number of hydrogen-bond donors (Lipinski definition) is 1. The summed E-state index contributed by atoms with van der Waals surface area (Å²) in [5.74, 6) is -0.306. The van der Waals surface area contributed by atoms with Gasteiger partial charge < -0.3 is 5.32 Å². The van der Waals surface area contributed by atoms with E-state index < -0.39 is 0 Å². The Bertz CT molecular complexity index is 1050. The molecule has 7 heteroatoms. The Labute approximate surface area is 160 Å². The SMILES string of the molecule is Cc1ccc2ncn(CC(=O)NC(C)c3ccc(Cl)cc3Cl)c(=O)c2c1. The summed E-state index contributed by atoms with van der Waals surface area (Å²) in [5.41, 5.74) is 2.08. The largest absolute Gasteiger partial charge is 0.348 e. The summed E-state index contributed by atoms with van der Waals surface area (Å²) in [6, 6.07) is 10.2. The second-order valence-electron chi connectivity index (χ2n) is 6.15. The average molecular weight is 390 g/mol. The van der Waals surface area contributed by atoms with Gasteiger partial charge in [0.1, 0.15) is 6.54 Å². The normalized spacial score (nSPS) is 12.2. The Hall–Kier alpha value is -2.37. The first-order chi connectivity index (χ1) is 12.3. The van der Waals surface area contributed by atoms with Gasteiger partial charge in [-0.15, -0.1) is 0 Å². The number of nitrogens with zero attached hydrogens (tertiary/aromatic N) is 2. The molecule has 2 aromatic carbocycles. The molecule has 3 rings (SSSR count). The first-order valence-electron chi connectivity index (χ1n) is 8.05. The number of aromatic nitrogens is 2. The molecule has 3 aromatic rings. The molecule has 1 N–H and O–H groups in total. The molecule has 134 valence electrons. The van der Waals surface area contributed by atoms with Gasteiger partial charge in [-0.2, -0.15) is 0 Å². The van der Waals surface area contributed by atoms with E-state index in [1.165, 1.54) is 10.9 Å². The predicted molar refractivity (Wildman–Crippen MR) is 104 cm³/mol. The fourth-order valence-corrected chi connectivity index (χ4v) is 3.33. The smallest absolute Gasteiger partial charge is 0.261 e. The number of rotatable bonds is 4. The van der Waals surface area contributed by atoms with Crippen LogP contribution in [-0.2, 0) is 11.3 Å². The van der Waals surface area contributed by atoms with Crippen LogP contribution in [0, 0.1) is 6.92 Å². The fourth-order valence-electron chi connectivity index (χ4n) is 2.76. The molecule has 26 heavy (non-hydrogen) atoms. The molecule has 0 aliphatic rings. The zero-order chi connectivity index (χ0) is 18.8. The van der Waals surface area contributed by atoms with Crippen LogP contribution in [0.5, 0.6) is 0 Å². The van der Waals surface area contributed by atoms with E-state index in [4.69, 9.17) is 23.2 Å². The molecule has 0 aliphatic heterocycles. The Kier molecular flexibility index (Phi) is 5.30. The van der Waals surface area contributed by atoms with Crippen molar-refractivity contribution < 1.29 is 4.79 Å². The number of halogens is 2. The second-order valence-corrected chi connectivity index (χ2v) is 7.00. The van der Waals surface area contributed by atoms with E-state index in [1.807, 2.05) is 19.9 Å². The van der Waals surface area contributed by atoms with Crippen LogP contribution in [0.15, 0.2) is 47.5 Å². The van der Waals surface area contributed by atoms with Crippen molar-refractivity contribution in [3.05, 3.63) is 74.3 Å². The number of nitrogens with one attached hydrogen (secondary N) is 1. The Morgan fingerprint density at radius 3 is 2.73 bits per heavy atom. The fraction of sp³-hybridized carbons (Fsp3) is 0.211. The van der Waals surface area contributed by atoms with Crippen LogP contribution in [0.25, 0.3) is 10.9 Å². The van der Waals surface area contributed by atoms with Crippen molar-refractivity contribution in [1.29, 1.82) is 0 Å². The predicted octanol–water partition coefficient (Wildman–Crippen LogP) is 3.89. The molecule has 0 radical (unpaired) electrons. The van der Waals surface area contributed by atoms with E-state index in [2.05, 4.69) is 10.3 Å². The van der Waals surface area contributed by atoms with Crippen molar-refractivity contribution >= 4 is 40.0 Å². The van der Waals surface area contributed by atoms with E-state index in [0.717, 1.165) is 11.1 Å². The van der Waals surface area contributed by atoms with E-state index in [9.17, 15) is 9.59 Å². The molecule has 1 atom stereocenters. The lowest BCUT2D eigenvalue weighted by Gasteiger charge is -2.16. The molecule has 0 saturated heterocycles. The molecule has 1 aromatic heterocycles. The third-order valence-electron chi connectivity index (χ3n) is 4.10. The third kappa shape index (κ3) is 3.89. The van der Waals surface area contributed by atoms with Crippen LogP contribution in [0.2, 0.25) is 10.0 Å². The summed E-state index contributed by atoms with van der Waals surface area (Å²) in [4.78, 5) is 29.2. The van der Waals surface area contributed by atoms with E-state index in [0.29, 0.717) is 20.9 Å². The van der Waals surface area contributed by atoms with E-state index in [1.54, 1.807) is 30.3 Å². The monoisotopic (exact) mass is 389 g/mol. The van der Waals surface area contributed by atoms with Crippen LogP contribution in [0.1, 0.15) is 24.1 Å². The van der Waals surface area contributed by atoms with Crippen molar-refractivity contribution in [3.8, 4) is 0 Å². The number of carbonyl (C=O) groups is 1. The molecule has 5 nitrogen and oxygen atoms in total. The van der Waals surface area contributed by atoms with E-state index in [-0.39, 0.29) is 24.1 Å². The van der Waals surface area contributed by atoms with Gasteiger partial charge in [0.2, 0.25) is 5.91 Å². The minimum absolute atomic E-state index is 0.120. The molecule has 0 spiro atoms. The van der Waals surface area contributed by atoms with Crippen molar-refractivity contribution in [2.45, 2.75) is 26.4 Å². The quantitative estimate of drug-likeness (QED) is 0.735. The molecule has 1 heterocycles. The number of fused-ring (bicyclic) bond motifs is 1. The standard InChI is InChI=1S/C19H17Cl2N3O2/c1-11-3-6-17-15(7-11)19(26)24(10-22-17)9-18(25)23-12(2)14-5-4-13(20)8-16(14)21/h3-8,10,12H,9H2,1-2H3,(H,23,25). The molecule has 0 fully saturated rings. The Balaban J connectivity index is 1.78. The van der Waals surface area contributed by atoms with Crippen LogP contribution in [0.3, 0.4) is 0 Å². The molecule has 0 bridgehead atoms. The van der Waals surface area contributed by atoms with Gasteiger partial charge in [-0.1, -0.05) is 40.9 Å². The van der Waals surface area contributed by atoms with Crippen molar-refractivity contribution in [2.75, 3.05) is 0 Å². The summed E-state index contributed by atoms with van der Waals surface area (Å²) in [5, 5.41) is 4.34. The second kappa shape index (κ2) is 7.48. The van der Waals surface area contributed by atoms with Gasteiger partial charge in [0.15, 0.2) is 0 Å². The number of benzene rings is 2. The lowest BCUT2D eigenvalue weighted by atomic mass is 10.1. The Morgan fingerprint density at radius 2 is 2.00 bits per heavy atom. The van der Waals surface area contributed by atoms with Crippen molar-refractivity contribution in [1.82, 2.24) is 14.9 Å². The highest BCUT2D eigenvalue weighted by molar-refractivity contribution is 6.35. The molecule has 1 amide bonds. The van der Waals surface area contributed by atoms with Gasteiger partial charge in [-0.3, -0.25) is 14.2 Å². The van der Waals surface area contributed by atoms with Gasteiger partial charge in [0, 0.05) is 10.0 Å². The average Bonchev–Trinajstić information content (AvgIpc) is 2.57. The highest BCUT2D eigenvalue weighted by atomic mass is 35.5. The lowest BCUT2D eigenvalue weighted by molar-refractivity contribution is -0.122. The van der Waals surface area contributed by atoms with Crippen LogP contribution >= 0.6 is 23.2 Å². The maximum atomic E-state index is 12.6. The van der Waals surface area contributed by atoms with Crippen LogP contribution in [-0.4, -0.2) is 15.5 Å². The van der Waals surface area contributed by atoms with Crippen molar-refractivity contribution in [2.24, 2.45) is 0 Å². The van der Waals surface area contributed by atoms with Crippen LogP contribution in [0.4, 0.5) is 0 Å². The Morgan fingerprint density at radius 1 is 1.23 bits per heavy atom. The molecule has 0 saturated carbocycles. The van der Waals surface area contributed by atoms with Gasteiger partial charge >= 0.3 is 0 Å². The van der Waals surface area contributed by atoms with Gasteiger partial charge in [-0.05, 0) is 43.7 Å². The number of aryl methyl sites for hydroxylation is 1. The summed E-state index contributed by atoms with van der Waals surface area (Å²) in [7, 11) is 0. The zero-order valence-electron chi connectivity index (χ0n) is 14.3. The van der Waals surface area contributed by atoms with Gasteiger partial charge in [0.25, 0.3) is 5.56 Å². The van der Waals surface area contributed by atoms with Gasteiger partial charge in [0.05, 0.1) is 23.3 Å². The van der Waals surface area contributed by atoms with E-state index >= 15 is 0 Å². The number of carbonyl (C=O) groups excluding carboxylic acids is 1. The summed E-state index contributed by atoms with van der Waals surface area (Å²) in [6.45, 7) is 3.60. The maximum Gasteiger partial charge on any atom is 0.261 e. The summed E-state index contributed by atoms with van der Waals surface area (Å²) >= 11 is 12.1. The summed E-state index contributed by atoms with van der Waals surface area (Å²) in [6.07, 6.45) is 1.39. The number of hydrogen-bond acceptors (Lipinski definition) is 3. The number of amides is 1. The molecule has 1 unspecified atom stereocenters. The molecular weight excluding hydrogens is 373 g/mol. The van der Waals surface area contributed by atoms with Gasteiger partial charge in [-0.25, -0.2) is 4.98 Å². The summed E-state index contributed by atoms with van der Waals surface area (Å²) < 4.78 is 1.30. The zero-order valence-corrected chi connectivity index (χ0v) is 15.8. The molecular formula is C19H17Cl2N3O2. The maximum absolute atomic E-state index is 12.6. The topological polar surface area (TPSA) is 64.0 Å². The van der Waals surface area contributed by atoms with Crippen LogP contribution < -0.4 is 10.9 Å². The minimum atomic E-state index is -0.321. The molecule has 0 aliphatic carbocycles. The highest BCUT2D eigenvalue weighted by Crippen LogP contribution is 2.26. The minimum Gasteiger partial charge on any atom is -0.348 e.